The summed E-state index contributed by atoms with van der Waals surface area (Å²) in [4.78, 5) is 14.1. The Kier molecular flexibility index (Phi) is 4.18. The number of halogens is 2. The first-order chi connectivity index (χ1) is 10.1. The van der Waals surface area contributed by atoms with Crippen LogP contribution in [0.1, 0.15) is 17.0 Å². The number of hydrogen-bond acceptors (Lipinski definition) is 1. The van der Waals surface area contributed by atoms with Crippen LogP contribution in [0.5, 0.6) is 0 Å². The summed E-state index contributed by atoms with van der Waals surface area (Å²) >= 11 is 12.0. The molecule has 0 N–H and O–H groups in total. The van der Waals surface area contributed by atoms with Gasteiger partial charge in [0.15, 0.2) is 0 Å². The van der Waals surface area contributed by atoms with Crippen LogP contribution in [0.4, 0.5) is 0 Å². The molecule has 1 aliphatic heterocycles. The van der Waals surface area contributed by atoms with Gasteiger partial charge in [-0.3, -0.25) is 4.79 Å². The first-order valence-corrected chi connectivity index (χ1v) is 7.66. The Labute approximate surface area is 134 Å². The van der Waals surface area contributed by atoms with Gasteiger partial charge in [-0.2, -0.15) is 0 Å². The van der Waals surface area contributed by atoms with Crippen molar-refractivity contribution in [3.05, 3.63) is 69.7 Å². The average Bonchev–Trinajstić information content (AvgIpc) is 2.42. The molecule has 1 heterocycles. The third kappa shape index (κ3) is 3.22. The van der Waals surface area contributed by atoms with Crippen LogP contribution < -0.4 is 0 Å². The van der Waals surface area contributed by atoms with Crippen molar-refractivity contribution >= 4 is 29.1 Å². The summed E-state index contributed by atoms with van der Waals surface area (Å²) < 4.78 is 0. The van der Waals surface area contributed by atoms with Gasteiger partial charge in [-0.25, -0.2) is 0 Å². The lowest BCUT2D eigenvalue weighted by atomic mass is 9.91. The fraction of sp³-hybridized carbons (Fsp3) is 0.235. The van der Waals surface area contributed by atoms with E-state index >= 15 is 0 Å². The van der Waals surface area contributed by atoms with E-state index in [0.717, 1.165) is 23.7 Å². The van der Waals surface area contributed by atoms with E-state index in [1.807, 2.05) is 53.4 Å². The predicted octanol–water partition coefficient (Wildman–Crippen LogP) is 4.16. The van der Waals surface area contributed by atoms with Crippen LogP contribution in [0.2, 0.25) is 10.0 Å². The van der Waals surface area contributed by atoms with E-state index in [9.17, 15) is 4.79 Å². The van der Waals surface area contributed by atoms with E-state index in [1.54, 1.807) is 0 Å². The van der Waals surface area contributed by atoms with Gasteiger partial charge in [-0.05, 0) is 29.3 Å². The molecule has 21 heavy (non-hydrogen) atoms. The first kappa shape index (κ1) is 14.4. The Morgan fingerprint density at radius 1 is 1.05 bits per heavy atom. The van der Waals surface area contributed by atoms with Gasteiger partial charge in [0.2, 0.25) is 5.91 Å². The molecule has 1 amide bonds. The van der Waals surface area contributed by atoms with Crippen molar-refractivity contribution in [2.45, 2.75) is 12.3 Å². The highest BCUT2D eigenvalue weighted by Gasteiger charge is 2.31. The molecule has 0 saturated carbocycles. The Hall–Kier alpha value is -1.51. The van der Waals surface area contributed by atoms with Gasteiger partial charge in [0.25, 0.3) is 0 Å². The summed E-state index contributed by atoms with van der Waals surface area (Å²) in [6.45, 7) is 1.54. The molecule has 0 aliphatic carbocycles. The highest BCUT2D eigenvalue weighted by Crippen LogP contribution is 2.28. The van der Waals surface area contributed by atoms with Crippen molar-refractivity contribution in [3.8, 4) is 0 Å². The predicted molar refractivity (Wildman–Crippen MR) is 85.9 cm³/mol. The van der Waals surface area contributed by atoms with Crippen LogP contribution in [0.3, 0.4) is 0 Å². The molecule has 2 aromatic rings. The Morgan fingerprint density at radius 3 is 2.38 bits per heavy atom. The Balaban J connectivity index is 1.57. The summed E-state index contributed by atoms with van der Waals surface area (Å²) in [5, 5.41) is 1.39. The number of rotatable bonds is 3. The maximum atomic E-state index is 12.2. The van der Waals surface area contributed by atoms with Crippen molar-refractivity contribution in [1.29, 1.82) is 0 Å². The van der Waals surface area contributed by atoms with E-state index < -0.39 is 0 Å². The van der Waals surface area contributed by atoms with Crippen molar-refractivity contribution in [3.63, 3.8) is 0 Å². The van der Waals surface area contributed by atoms with Crippen LogP contribution in [0.15, 0.2) is 48.5 Å². The fourth-order valence-corrected chi connectivity index (χ4v) is 2.87. The van der Waals surface area contributed by atoms with Gasteiger partial charge < -0.3 is 4.90 Å². The lowest BCUT2D eigenvalue weighted by Crippen LogP contribution is -2.49. The molecular weight excluding hydrogens is 305 g/mol. The molecule has 1 fully saturated rings. The van der Waals surface area contributed by atoms with E-state index in [4.69, 9.17) is 23.2 Å². The number of carbonyl (C=O) groups excluding carboxylic acids is 1. The van der Waals surface area contributed by atoms with Crippen LogP contribution in [-0.2, 0) is 11.2 Å². The van der Waals surface area contributed by atoms with Crippen LogP contribution in [0.25, 0.3) is 0 Å². The van der Waals surface area contributed by atoms with Crippen molar-refractivity contribution in [2.75, 3.05) is 13.1 Å². The van der Waals surface area contributed by atoms with E-state index in [-0.39, 0.29) is 5.91 Å². The van der Waals surface area contributed by atoms with Crippen molar-refractivity contribution in [2.24, 2.45) is 0 Å². The molecule has 2 aromatic carbocycles. The van der Waals surface area contributed by atoms with E-state index in [1.165, 1.54) is 5.56 Å². The molecule has 0 spiro atoms. The zero-order valence-corrected chi connectivity index (χ0v) is 12.9. The molecule has 108 valence electrons. The standard InChI is InChI=1S/C17H15Cl2NO/c18-15-7-5-12(6-8-15)14-10-20(11-14)17(21)9-13-3-1-2-4-16(13)19/h1-8,14H,9-11H2. The highest BCUT2D eigenvalue weighted by molar-refractivity contribution is 6.31. The number of amides is 1. The molecule has 3 rings (SSSR count). The monoisotopic (exact) mass is 319 g/mol. The van der Waals surface area contributed by atoms with Gasteiger partial charge in [0.1, 0.15) is 0 Å². The molecule has 0 aromatic heterocycles. The Bertz CT molecular complexity index is 648. The summed E-state index contributed by atoms with van der Waals surface area (Å²) in [6, 6.07) is 15.3. The minimum absolute atomic E-state index is 0.133. The quantitative estimate of drug-likeness (QED) is 0.831. The topological polar surface area (TPSA) is 20.3 Å². The van der Waals surface area contributed by atoms with Gasteiger partial charge in [0.05, 0.1) is 6.42 Å². The molecular formula is C17H15Cl2NO. The third-order valence-electron chi connectivity index (χ3n) is 3.88. The van der Waals surface area contributed by atoms with Crippen molar-refractivity contribution < 1.29 is 4.79 Å². The number of carbonyl (C=O) groups is 1. The molecule has 2 nitrogen and oxygen atoms in total. The third-order valence-corrected chi connectivity index (χ3v) is 4.50. The normalized spacial score (nSPS) is 14.9. The minimum Gasteiger partial charge on any atom is -0.341 e. The number of likely N-dealkylation sites (tertiary alicyclic amines) is 1. The van der Waals surface area contributed by atoms with Crippen LogP contribution in [-0.4, -0.2) is 23.9 Å². The molecule has 1 aliphatic rings. The first-order valence-electron chi connectivity index (χ1n) is 6.90. The lowest BCUT2D eigenvalue weighted by molar-refractivity contribution is -0.134. The maximum absolute atomic E-state index is 12.2. The molecule has 0 atom stereocenters. The summed E-state index contributed by atoms with van der Waals surface area (Å²) in [7, 11) is 0. The fourth-order valence-electron chi connectivity index (χ4n) is 2.54. The van der Waals surface area contributed by atoms with E-state index in [2.05, 4.69) is 0 Å². The van der Waals surface area contributed by atoms with Gasteiger partial charge >= 0.3 is 0 Å². The molecule has 4 heteroatoms. The minimum atomic E-state index is 0.133. The molecule has 0 unspecified atom stereocenters. The highest BCUT2D eigenvalue weighted by atomic mass is 35.5. The van der Waals surface area contributed by atoms with Crippen LogP contribution in [0, 0.1) is 0 Å². The second-order valence-corrected chi connectivity index (χ2v) is 6.16. The smallest absolute Gasteiger partial charge is 0.227 e. The zero-order chi connectivity index (χ0) is 14.8. The summed E-state index contributed by atoms with van der Waals surface area (Å²) in [6.07, 6.45) is 0.368. The second-order valence-electron chi connectivity index (χ2n) is 5.32. The van der Waals surface area contributed by atoms with Gasteiger partial charge in [-0.15, -0.1) is 0 Å². The van der Waals surface area contributed by atoms with Crippen molar-refractivity contribution in [1.82, 2.24) is 4.90 Å². The second kappa shape index (κ2) is 6.08. The summed E-state index contributed by atoms with van der Waals surface area (Å²) in [5.41, 5.74) is 2.13. The largest absolute Gasteiger partial charge is 0.341 e. The lowest BCUT2D eigenvalue weighted by Gasteiger charge is -2.39. The molecule has 0 bridgehead atoms. The zero-order valence-electron chi connectivity index (χ0n) is 11.4. The van der Waals surface area contributed by atoms with E-state index in [0.29, 0.717) is 17.4 Å². The number of nitrogens with zero attached hydrogens (tertiary/aromatic N) is 1. The number of benzene rings is 2. The van der Waals surface area contributed by atoms with Gasteiger partial charge in [-0.1, -0.05) is 53.5 Å². The Morgan fingerprint density at radius 2 is 1.71 bits per heavy atom. The van der Waals surface area contributed by atoms with Crippen LogP contribution >= 0.6 is 23.2 Å². The summed E-state index contributed by atoms with van der Waals surface area (Å²) in [5.74, 6) is 0.547. The number of hydrogen-bond donors (Lipinski definition) is 0. The molecule has 1 saturated heterocycles. The molecule has 0 radical (unpaired) electrons. The van der Waals surface area contributed by atoms with Gasteiger partial charge in [0, 0.05) is 29.1 Å². The maximum Gasteiger partial charge on any atom is 0.227 e. The SMILES string of the molecule is O=C(Cc1ccccc1Cl)N1CC(c2ccc(Cl)cc2)C1. The average molecular weight is 320 g/mol.